The number of hydrogen-bond donors (Lipinski definition) is 1. The third-order valence-corrected chi connectivity index (χ3v) is 3.32. The van der Waals surface area contributed by atoms with Crippen molar-refractivity contribution < 1.29 is 4.79 Å². The molecule has 0 aliphatic rings. The van der Waals surface area contributed by atoms with Gasteiger partial charge in [-0.2, -0.15) is 0 Å². The number of thiophene rings is 1. The number of rotatable bonds is 2. The Morgan fingerprint density at radius 1 is 1.56 bits per heavy atom. The monoisotopic (exact) mass is 296 g/mol. The highest BCUT2D eigenvalue weighted by molar-refractivity contribution is 9.10. The fourth-order valence-corrected chi connectivity index (χ4v) is 2.31. The summed E-state index contributed by atoms with van der Waals surface area (Å²) in [5.74, 6) is 0.481. The van der Waals surface area contributed by atoms with Crippen molar-refractivity contribution in [3.8, 4) is 0 Å². The summed E-state index contributed by atoms with van der Waals surface area (Å²) in [6.07, 6.45) is 1.66. The van der Waals surface area contributed by atoms with E-state index in [1.54, 1.807) is 12.3 Å². The number of hydrogen-bond acceptors (Lipinski definition) is 3. The molecule has 5 heteroatoms. The van der Waals surface area contributed by atoms with Gasteiger partial charge in [-0.1, -0.05) is 6.07 Å². The Morgan fingerprint density at radius 2 is 2.38 bits per heavy atom. The van der Waals surface area contributed by atoms with E-state index in [-0.39, 0.29) is 5.91 Å². The van der Waals surface area contributed by atoms with Crippen LogP contribution in [0, 0.1) is 6.92 Å². The Kier molecular flexibility index (Phi) is 3.36. The van der Waals surface area contributed by atoms with Crippen LogP contribution in [0.15, 0.2) is 34.2 Å². The zero-order valence-corrected chi connectivity index (χ0v) is 10.9. The number of anilines is 1. The van der Waals surface area contributed by atoms with Crippen LogP contribution in [0.4, 0.5) is 5.82 Å². The van der Waals surface area contributed by atoms with E-state index >= 15 is 0 Å². The lowest BCUT2D eigenvalue weighted by Crippen LogP contribution is -2.12. The van der Waals surface area contributed by atoms with E-state index in [9.17, 15) is 4.79 Å². The average molecular weight is 297 g/mol. The molecule has 82 valence electrons. The van der Waals surface area contributed by atoms with Crippen LogP contribution in [-0.4, -0.2) is 10.9 Å². The maximum absolute atomic E-state index is 11.8. The first-order valence-corrected chi connectivity index (χ1v) is 6.31. The van der Waals surface area contributed by atoms with E-state index < -0.39 is 0 Å². The molecule has 0 fully saturated rings. The van der Waals surface area contributed by atoms with Gasteiger partial charge in [-0.05, 0) is 45.9 Å². The maximum Gasteiger partial charge on any atom is 0.266 e. The summed E-state index contributed by atoms with van der Waals surface area (Å²) in [6.45, 7) is 1.90. The number of halogens is 1. The minimum absolute atomic E-state index is 0.118. The van der Waals surface area contributed by atoms with Gasteiger partial charge in [0.15, 0.2) is 0 Å². The molecule has 3 nitrogen and oxygen atoms in total. The number of aromatic nitrogens is 1. The van der Waals surface area contributed by atoms with E-state index in [0.717, 1.165) is 10.0 Å². The molecule has 0 saturated heterocycles. The summed E-state index contributed by atoms with van der Waals surface area (Å²) in [6, 6.07) is 5.55. The standard InChI is InChI=1S/C11H9BrN2OS/c1-7-5-8(12)6-13-10(7)14-11(15)9-3-2-4-16-9/h2-6H,1H3,(H,13,14,15). The first kappa shape index (κ1) is 11.3. The van der Waals surface area contributed by atoms with Gasteiger partial charge in [0.2, 0.25) is 0 Å². The Labute approximate surface area is 106 Å². The Morgan fingerprint density at radius 3 is 3.00 bits per heavy atom. The molecule has 0 unspecified atom stereocenters. The highest BCUT2D eigenvalue weighted by Crippen LogP contribution is 2.18. The van der Waals surface area contributed by atoms with Crippen molar-refractivity contribution in [3.05, 3.63) is 44.7 Å². The Bertz CT molecular complexity index is 511. The van der Waals surface area contributed by atoms with Crippen LogP contribution in [0.3, 0.4) is 0 Å². The molecule has 0 bridgehead atoms. The third kappa shape index (κ3) is 2.48. The quantitative estimate of drug-likeness (QED) is 0.922. The molecule has 0 radical (unpaired) electrons. The van der Waals surface area contributed by atoms with Gasteiger partial charge in [0.05, 0.1) is 4.88 Å². The lowest BCUT2D eigenvalue weighted by Gasteiger charge is -2.06. The molecule has 0 aliphatic carbocycles. The summed E-state index contributed by atoms with van der Waals surface area (Å²) in [4.78, 5) is 16.6. The second-order valence-electron chi connectivity index (χ2n) is 3.25. The zero-order valence-electron chi connectivity index (χ0n) is 8.53. The molecule has 0 aliphatic heterocycles. The van der Waals surface area contributed by atoms with Crippen LogP contribution in [-0.2, 0) is 0 Å². The van der Waals surface area contributed by atoms with Crippen molar-refractivity contribution in [2.45, 2.75) is 6.92 Å². The minimum Gasteiger partial charge on any atom is -0.306 e. The fourth-order valence-electron chi connectivity index (χ4n) is 1.25. The first-order chi connectivity index (χ1) is 7.66. The van der Waals surface area contributed by atoms with Crippen LogP contribution in [0.25, 0.3) is 0 Å². The lowest BCUT2D eigenvalue weighted by molar-refractivity contribution is 0.103. The van der Waals surface area contributed by atoms with Crippen molar-refractivity contribution in [1.29, 1.82) is 0 Å². The molecule has 0 spiro atoms. The topological polar surface area (TPSA) is 42.0 Å². The van der Waals surface area contributed by atoms with Crippen molar-refractivity contribution in [1.82, 2.24) is 4.98 Å². The predicted octanol–water partition coefficient (Wildman–Crippen LogP) is 3.47. The normalized spacial score (nSPS) is 10.1. The molecule has 0 aromatic carbocycles. The van der Waals surface area contributed by atoms with Gasteiger partial charge in [-0.25, -0.2) is 4.98 Å². The molecular formula is C11H9BrN2OS. The number of carbonyl (C=O) groups is 1. The van der Waals surface area contributed by atoms with Crippen LogP contribution in [0.2, 0.25) is 0 Å². The van der Waals surface area contributed by atoms with E-state index in [1.807, 2.05) is 24.4 Å². The predicted molar refractivity (Wildman–Crippen MR) is 68.9 cm³/mol. The summed E-state index contributed by atoms with van der Waals surface area (Å²) < 4.78 is 0.902. The number of nitrogens with one attached hydrogen (secondary N) is 1. The first-order valence-electron chi connectivity index (χ1n) is 4.64. The van der Waals surface area contributed by atoms with Crippen molar-refractivity contribution in [2.75, 3.05) is 5.32 Å². The number of pyridine rings is 1. The summed E-state index contributed by atoms with van der Waals surface area (Å²) >= 11 is 4.74. The second kappa shape index (κ2) is 4.76. The Balaban J connectivity index is 2.18. The van der Waals surface area contributed by atoms with Gasteiger partial charge >= 0.3 is 0 Å². The van der Waals surface area contributed by atoms with E-state index in [2.05, 4.69) is 26.2 Å². The number of nitrogens with zero attached hydrogens (tertiary/aromatic N) is 1. The van der Waals surface area contributed by atoms with E-state index in [1.165, 1.54) is 11.3 Å². The second-order valence-corrected chi connectivity index (χ2v) is 5.11. The van der Waals surface area contributed by atoms with Gasteiger partial charge in [-0.15, -0.1) is 11.3 Å². The largest absolute Gasteiger partial charge is 0.306 e. The van der Waals surface area contributed by atoms with Crippen molar-refractivity contribution in [3.63, 3.8) is 0 Å². The molecule has 16 heavy (non-hydrogen) atoms. The maximum atomic E-state index is 11.8. The van der Waals surface area contributed by atoms with Gasteiger partial charge in [-0.3, -0.25) is 4.79 Å². The summed E-state index contributed by atoms with van der Waals surface area (Å²) in [7, 11) is 0. The molecule has 2 rings (SSSR count). The molecule has 0 saturated carbocycles. The van der Waals surface area contributed by atoms with Gasteiger partial charge in [0.1, 0.15) is 5.82 Å². The van der Waals surface area contributed by atoms with Crippen LogP contribution in [0.1, 0.15) is 15.2 Å². The number of amides is 1. The van der Waals surface area contributed by atoms with E-state index in [4.69, 9.17) is 0 Å². The fraction of sp³-hybridized carbons (Fsp3) is 0.0909. The molecular weight excluding hydrogens is 288 g/mol. The van der Waals surface area contributed by atoms with Crippen LogP contribution < -0.4 is 5.32 Å². The van der Waals surface area contributed by atoms with Gasteiger partial charge < -0.3 is 5.32 Å². The molecule has 2 aromatic heterocycles. The highest BCUT2D eigenvalue weighted by atomic mass is 79.9. The molecule has 2 aromatic rings. The molecule has 1 N–H and O–H groups in total. The van der Waals surface area contributed by atoms with Crippen LogP contribution >= 0.6 is 27.3 Å². The average Bonchev–Trinajstić information content (AvgIpc) is 2.75. The number of aryl methyl sites for hydroxylation is 1. The van der Waals surface area contributed by atoms with Gasteiger partial charge in [0, 0.05) is 10.7 Å². The lowest BCUT2D eigenvalue weighted by atomic mass is 10.3. The zero-order chi connectivity index (χ0) is 11.5. The third-order valence-electron chi connectivity index (χ3n) is 2.02. The molecule has 0 atom stereocenters. The van der Waals surface area contributed by atoms with Crippen LogP contribution in [0.5, 0.6) is 0 Å². The van der Waals surface area contributed by atoms with Gasteiger partial charge in [0.25, 0.3) is 5.91 Å². The molecule has 1 amide bonds. The Hall–Kier alpha value is -1.20. The summed E-state index contributed by atoms with van der Waals surface area (Å²) in [5.41, 5.74) is 0.930. The minimum atomic E-state index is -0.118. The van der Waals surface area contributed by atoms with Crippen molar-refractivity contribution in [2.24, 2.45) is 0 Å². The SMILES string of the molecule is Cc1cc(Br)cnc1NC(=O)c1cccs1. The summed E-state index contributed by atoms with van der Waals surface area (Å²) in [5, 5.41) is 4.65. The molecule has 2 heterocycles. The highest BCUT2D eigenvalue weighted by Gasteiger charge is 2.09. The van der Waals surface area contributed by atoms with Crippen molar-refractivity contribution >= 4 is 39.0 Å². The van der Waals surface area contributed by atoms with E-state index in [0.29, 0.717) is 10.7 Å². The number of carbonyl (C=O) groups excluding carboxylic acids is 1. The smallest absolute Gasteiger partial charge is 0.266 e.